The van der Waals surface area contributed by atoms with Crippen LogP contribution >= 0.6 is 15.9 Å². The van der Waals surface area contributed by atoms with Gasteiger partial charge in [0, 0.05) is 0 Å². The quantitative estimate of drug-likeness (QED) is 0.384. The lowest BCUT2D eigenvalue weighted by atomic mass is 10.2. The minimum Gasteiger partial charge on any atom is -0.497 e. The van der Waals surface area contributed by atoms with Crippen molar-refractivity contribution in [3.05, 3.63) is 65.2 Å². The third kappa shape index (κ3) is 6.25. The normalized spacial score (nSPS) is 10.4. The summed E-state index contributed by atoms with van der Waals surface area (Å²) in [6.07, 6.45) is 3.22. The minimum absolute atomic E-state index is 0.156. The molecule has 0 aromatic heterocycles. The van der Waals surface area contributed by atoms with E-state index in [-0.39, 0.29) is 12.5 Å². The fourth-order valence-electron chi connectivity index (χ4n) is 1.89. The van der Waals surface area contributed by atoms with Gasteiger partial charge in [-0.05, 0) is 64.0 Å². The Morgan fingerprint density at radius 2 is 1.92 bits per heavy atom. The first-order chi connectivity index (χ1) is 12.6. The van der Waals surface area contributed by atoms with Crippen molar-refractivity contribution in [2.24, 2.45) is 5.10 Å². The maximum absolute atomic E-state index is 11.8. The molecule has 0 saturated heterocycles. The molecule has 2 aromatic rings. The SMILES string of the molecule is C=CCOc1ccc(/C=N/NC(=O)COc2ccc(OC)cc2Br)cc1. The standard InChI is InChI=1S/C19H19BrN2O4/c1-3-10-25-15-6-4-14(5-7-15)12-21-22-19(23)13-26-18-9-8-16(24-2)11-17(18)20/h3-9,11-12H,1,10,13H2,2H3,(H,22,23)/b21-12+. The highest BCUT2D eigenvalue weighted by Gasteiger charge is 2.06. The summed E-state index contributed by atoms with van der Waals surface area (Å²) in [5, 5.41) is 3.90. The topological polar surface area (TPSA) is 69.2 Å². The summed E-state index contributed by atoms with van der Waals surface area (Å²) in [4.78, 5) is 11.8. The molecule has 26 heavy (non-hydrogen) atoms. The molecule has 2 aromatic carbocycles. The van der Waals surface area contributed by atoms with E-state index in [0.717, 1.165) is 11.3 Å². The van der Waals surface area contributed by atoms with Gasteiger partial charge in [-0.1, -0.05) is 12.7 Å². The third-order valence-corrected chi connectivity index (χ3v) is 3.77. The zero-order valence-electron chi connectivity index (χ0n) is 14.3. The van der Waals surface area contributed by atoms with Gasteiger partial charge in [-0.15, -0.1) is 0 Å². The van der Waals surface area contributed by atoms with E-state index in [9.17, 15) is 4.79 Å². The number of amides is 1. The Kier molecular flexibility index (Phi) is 7.70. The van der Waals surface area contributed by atoms with Crippen LogP contribution in [0, 0.1) is 0 Å². The van der Waals surface area contributed by atoms with E-state index in [0.29, 0.717) is 22.6 Å². The van der Waals surface area contributed by atoms with Gasteiger partial charge in [-0.2, -0.15) is 5.10 Å². The van der Waals surface area contributed by atoms with E-state index in [1.807, 2.05) is 24.3 Å². The number of rotatable bonds is 9. The fraction of sp³-hybridized carbons (Fsp3) is 0.158. The van der Waals surface area contributed by atoms with Crippen molar-refractivity contribution in [3.8, 4) is 17.2 Å². The monoisotopic (exact) mass is 418 g/mol. The summed E-state index contributed by atoms with van der Waals surface area (Å²) >= 11 is 3.36. The Balaban J connectivity index is 1.79. The molecular formula is C19H19BrN2O4. The molecule has 0 fully saturated rings. The number of nitrogens with zero attached hydrogens (tertiary/aromatic N) is 1. The van der Waals surface area contributed by atoms with E-state index in [1.54, 1.807) is 37.6 Å². The van der Waals surface area contributed by atoms with Crippen molar-refractivity contribution >= 4 is 28.1 Å². The largest absolute Gasteiger partial charge is 0.497 e. The van der Waals surface area contributed by atoms with Gasteiger partial charge in [0.1, 0.15) is 23.9 Å². The fourth-order valence-corrected chi connectivity index (χ4v) is 2.36. The Labute approximate surface area is 160 Å². The average Bonchev–Trinajstić information content (AvgIpc) is 2.66. The number of carbonyl (C=O) groups excluding carboxylic acids is 1. The van der Waals surface area contributed by atoms with E-state index in [2.05, 4.69) is 33.0 Å². The van der Waals surface area contributed by atoms with Crippen LogP contribution in [0.15, 0.2) is 64.7 Å². The minimum atomic E-state index is -0.366. The summed E-state index contributed by atoms with van der Waals surface area (Å²) in [5.74, 6) is 1.61. The predicted molar refractivity (Wildman–Crippen MR) is 104 cm³/mol. The van der Waals surface area contributed by atoms with Gasteiger partial charge in [-0.3, -0.25) is 4.79 Å². The lowest BCUT2D eigenvalue weighted by Crippen LogP contribution is -2.24. The molecule has 6 nitrogen and oxygen atoms in total. The third-order valence-electron chi connectivity index (χ3n) is 3.15. The van der Waals surface area contributed by atoms with Crippen LogP contribution in [-0.2, 0) is 4.79 Å². The van der Waals surface area contributed by atoms with Gasteiger partial charge in [0.05, 0.1) is 17.8 Å². The summed E-state index contributed by atoms with van der Waals surface area (Å²) in [6.45, 7) is 3.89. The number of halogens is 1. The summed E-state index contributed by atoms with van der Waals surface area (Å²) in [7, 11) is 1.58. The molecule has 0 heterocycles. The number of carbonyl (C=O) groups is 1. The number of methoxy groups -OCH3 is 1. The number of ether oxygens (including phenoxy) is 3. The lowest BCUT2D eigenvalue weighted by Gasteiger charge is -2.08. The van der Waals surface area contributed by atoms with Crippen LogP contribution < -0.4 is 19.6 Å². The van der Waals surface area contributed by atoms with Crippen LogP contribution in [0.1, 0.15) is 5.56 Å². The van der Waals surface area contributed by atoms with Crippen LogP contribution in [0.5, 0.6) is 17.2 Å². The van der Waals surface area contributed by atoms with Gasteiger partial charge >= 0.3 is 0 Å². The molecule has 1 amide bonds. The predicted octanol–water partition coefficient (Wildman–Crippen LogP) is 3.55. The van der Waals surface area contributed by atoms with E-state index >= 15 is 0 Å². The van der Waals surface area contributed by atoms with Crippen LogP contribution in [0.25, 0.3) is 0 Å². The number of benzene rings is 2. The second-order valence-electron chi connectivity index (χ2n) is 5.05. The molecular weight excluding hydrogens is 400 g/mol. The first-order valence-electron chi connectivity index (χ1n) is 7.74. The highest BCUT2D eigenvalue weighted by Crippen LogP contribution is 2.28. The van der Waals surface area contributed by atoms with Crippen molar-refractivity contribution in [3.63, 3.8) is 0 Å². The molecule has 0 atom stereocenters. The molecule has 1 N–H and O–H groups in total. The molecule has 136 valence electrons. The zero-order valence-corrected chi connectivity index (χ0v) is 15.9. The molecule has 0 radical (unpaired) electrons. The van der Waals surface area contributed by atoms with E-state index in [1.165, 1.54) is 0 Å². The lowest BCUT2D eigenvalue weighted by molar-refractivity contribution is -0.123. The number of nitrogens with one attached hydrogen (secondary N) is 1. The molecule has 0 aliphatic rings. The second-order valence-corrected chi connectivity index (χ2v) is 5.90. The molecule has 7 heteroatoms. The van der Waals surface area contributed by atoms with Gasteiger partial charge in [0.25, 0.3) is 5.91 Å². The molecule has 0 spiro atoms. The highest BCUT2D eigenvalue weighted by molar-refractivity contribution is 9.10. The average molecular weight is 419 g/mol. The van der Waals surface area contributed by atoms with Crippen LogP contribution in [0.3, 0.4) is 0 Å². The van der Waals surface area contributed by atoms with Crippen molar-refractivity contribution < 1.29 is 19.0 Å². The van der Waals surface area contributed by atoms with Crippen molar-refractivity contribution in [1.82, 2.24) is 5.43 Å². The number of hydrogen-bond acceptors (Lipinski definition) is 5. The highest BCUT2D eigenvalue weighted by atomic mass is 79.9. The first kappa shape index (κ1) is 19.5. The Bertz CT molecular complexity index is 776. The van der Waals surface area contributed by atoms with Gasteiger partial charge in [0.2, 0.25) is 0 Å². The Morgan fingerprint density at radius 3 is 2.58 bits per heavy atom. The Morgan fingerprint density at radius 1 is 1.19 bits per heavy atom. The molecule has 0 aliphatic heterocycles. The van der Waals surface area contributed by atoms with Gasteiger partial charge < -0.3 is 14.2 Å². The summed E-state index contributed by atoms with van der Waals surface area (Å²) in [6, 6.07) is 12.5. The molecule has 2 rings (SSSR count). The maximum Gasteiger partial charge on any atom is 0.277 e. The van der Waals surface area contributed by atoms with Crippen LogP contribution in [-0.4, -0.2) is 32.4 Å². The maximum atomic E-state index is 11.8. The zero-order chi connectivity index (χ0) is 18.8. The smallest absolute Gasteiger partial charge is 0.277 e. The van der Waals surface area contributed by atoms with E-state index in [4.69, 9.17) is 14.2 Å². The van der Waals surface area contributed by atoms with Crippen molar-refractivity contribution in [1.29, 1.82) is 0 Å². The van der Waals surface area contributed by atoms with Crippen LogP contribution in [0.4, 0.5) is 0 Å². The molecule has 0 saturated carbocycles. The number of hydrazone groups is 1. The Hall–Kier alpha value is -2.80. The van der Waals surface area contributed by atoms with Gasteiger partial charge in [0.15, 0.2) is 6.61 Å². The van der Waals surface area contributed by atoms with E-state index < -0.39 is 0 Å². The van der Waals surface area contributed by atoms with Crippen molar-refractivity contribution in [2.45, 2.75) is 0 Å². The molecule has 0 unspecified atom stereocenters. The second kappa shape index (κ2) is 10.2. The van der Waals surface area contributed by atoms with Gasteiger partial charge in [-0.25, -0.2) is 5.43 Å². The molecule has 0 bridgehead atoms. The number of hydrogen-bond donors (Lipinski definition) is 1. The summed E-state index contributed by atoms with van der Waals surface area (Å²) < 4.78 is 16.6. The first-order valence-corrected chi connectivity index (χ1v) is 8.53. The van der Waals surface area contributed by atoms with Crippen molar-refractivity contribution in [2.75, 3.05) is 20.3 Å². The van der Waals surface area contributed by atoms with Crippen LogP contribution in [0.2, 0.25) is 0 Å². The molecule has 0 aliphatic carbocycles. The summed E-state index contributed by atoms with van der Waals surface area (Å²) in [5.41, 5.74) is 3.24.